The summed E-state index contributed by atoms with van der Waals surface area (Å²) in [7, 11) is 0. The fourth-order valence-electron chi connectivity index (χ4n) is 1.33. The number of nitrogens with one attached hydrogen (secondary N) is 3. The standard InChI is InChI=1S/C12H18N4O2/c1-12(2,3)18-11(17)15-10-7-5-4-6-9(10)8-14-16-13/h4-7H,8H2,1-3H3,(H2,13,14)(H,15,17). The zero-order valence-corrected chi connectivity index (χ0v) is 10.8. The summed E-state index contributed by atoms with van der Waals surface area (Å²) in [5.74, 6) is 0. The molecule has 0 aromatic heterocycles. The van der Waals surface area contributed by atoms with Crippen molar-refractivity contribution in [3.8, 4) is 0 Å². The largest absolute Gasteiger partial charge is 0.444 e. The summed E-state index contributed by atoms with van der Waals surface area (Å²) in [4.78, 5) is 11.6. The molecule has 0 aliphatic carbocycles. The SMILES string of the molecule is CC(C)(C)OC(=O)Nc1ccccc1CNN=N. The number of benzene rings is 1. The molecule has 0 aliphatic heterocycles. The molecule has 0 aliphatic rings. The lowest BCUT2D eigenvalue weighted by Crippen LogP contribution is -2.27. The van der Waals surface area contributed by atoms with Crippen molar-refractivity contribution in [1.29, 1.82) is 5.53 Å². The molecule has 1 aromatic carbocycles. The molecule has 0 saturated heterocycles. The topological polar surface area (TPSA) is 86.6 Å². The average Bonchev–Trinajstić information content (AvgIpc) is 2.25. The highest BCUT2D eigenvalue weighted by Gasteiger charge is 2.16. The highest BCUT2D eigenvalue weighted by molar-refractivity contribution is 5.85. The van der Waals surface area contributed by atoms with Crippen molar-refractivity contribution >= 4 is 11.8 Å². The van der Waals surface area contributed by atoms with E-state index in [-0.39, 0.29) is 0 Å². The van der Waals surface area contributed by atoms with E-state index in [0.717, 1.165) is 5.56 Å². The van der Waals surface area contributed by atoms with Crippen molar-refractivity contribution in [3.63, 3.8) is 0 Å². The van der Waals surface area contributed by atoms with Crippen LogP contribution in [0.25, 0.3) is 0 Å². The van der Waals surface area contributed by atoms with Gasteiger partial charge in [-0.2, -0.15) is 5.53 Å². The molecule has 0 atom stereocenters. The molecular formula is C12H18N4O2. The minimum absolute atomic E-state index is 0.371. The van der Waals surface area contributed by atoms with E-state index in [0.29, 0.717) is 12.2 Å². The third kappa shape index (κ3) is 4.82. The summed E-state index contributed by atoms with van der Waals surface area (Å²) in [5, 5.41) is 5.74. The number of hydrogen-bond donors (Lipinski definition) is 3. The van der Waals surface area contributed by atoms with E-state index in [1.54, 1.807) is 26.8 Å². The van der Waals surface area contributed by atoms with Gasteiger partial charge in [-0.25, -0.2) is 4.79 Å². The van der Waals surface area contributed by atoms with Gasteiger partial charge in [-0.15, -0.1) is 0 Å². The van der Waals surface area contributed by atoms with Crippen molar-refractivity contribution in [2.45, 2.75) is 32.9 Å². The Morgan fingerprint density at radius 2 is 2.06 bits per heavy atom. The number of ether oxygens (including phenoxy) is 1. The van der Waals surface area contributed by atoms with Gasteiger partial charge in [0.05, 0.1) is 6.54 Å². The molecule has 6 heteroatoms. The minimum atomic E-state index is -0.534. The second-order valence-corrected chi connectivity index (χ2v) is 4.73. The number of rotatable bonds is 4. The van der Waals surface area contributed by atoms with E-state index < -0.39 is 11.7 Å². The van der Waals surface area contributed by atoms with Crippen LogP contribution < -0.4 is 10.7 Å². The summed E-state index contributed by atoms with van der Waals surface area (Å²) in [5.41, 5.74) is 10.2. The summed E-state index contributed by atoms with van der Waals surface area (Å²) in [6, 6.07) is 7.27. The number of nitrogens with zero attached hydrogens (tertiary/aromatic N) is 1. The first-order valence-electron chi connectivity index (χ1n) is 5.59. The van der Waals surface area contributed by atoms with Crippen LogP contribution in [0.2, 0.25) is 0 Å². The van der Waals surface area contributed by atoms with Crippen LogP contribution in [0, 0.1) is 5.53 Å². The molecule has 0 saturated carbocycles. The number of carbonyl (C=O) groups is 1. The number of carbonyl (C=O) groups excluding carboxylic acids is 1. The number of hydrogen-bond acceptors (Lipinski definition) is 4. The highest BCUT2D eigenvalue weighted by Crippen LogP contribution is 2.16. The lowest BCUT2D eigenvalue weighted by molar-refractivity contribution is 0.0636. The molecule has 1 rings (SSSR count). The van der Waals surface area contributed by atoms with Gasteiger partial charge in [-0.05, 0) is 32.4 Å². The van der Waals surface area contributed by atoms with Gasteiger partial charge in [0.1, 0.15) is 5.60 Å². The van der Waals surface area contributed by atoms with Crippen LogP contribution in [-0.2, 0) is 11.3 Å². The van der Waals surface area contributed by atoms with E-state index in [4.69, 9.17) is 10.3 Å². The molecule has 1 aromatic rings. The first kappa shape index (κ1) is 14.0. The summed E-state index contributed by atoms with van der Waals surface area (Å²) >= 11 is 0. The van der Waals surface area contributed by atoms with E-state index in [1.807, 2.05) is 18.2 Å². The zero-order chi connectivity index (χ0) is 13.6. The maximum atomic E-state index is 11.6. The van der Waals surface area contributed by atoms with Crippen molar-refractivity contribution < 1.29 is 9.53 Å². The molecular weight excluding hydrogens is 232 g/mol. The van der Waals surface area contributed by atoms with Gasteiger partial charge in [0, 0.05) is 5.69 Å². The minimum Gasteiger partial charge on any atom is -0.444 e. The lowest BCUT2D eigenvalue weighted by atomic mass is 10.2. The first-order valence-corrected chi connectivity index (χ1v) is 5.59. The van der Waals surface area contributed by atoms with Crippen LogP contribution >= 0.6 is 0 Å². The fourth-order valence-corrected chi connectivity index (χ4v) is 1.33. The van der Waals surface area contributed by atoms with E-state index in [1.165, 1.54) is 0 Å². The second-order valence-electron chi connectivity index (χ2n) is 4.73. The van der Waals surface area contributed by atoms with Gasteiger partial charge in [-0.1, -0.05) is 23.4 Å². The Hall–Kier alpha value is -2.11. The van der Waals surface area contributed by atoms with E-state index in [2.05, 4.69) is 16.0 Å². The van der Waals surface area contributed by atoms with E-state index in [9.17, 15) is 4.79 Å². The molecule has 0 unspecified atom stereocenters. The fraction of sp³-hybridized carbons (Fsp3) is 0.417. The zero-order valence-electron chi connectivity index (χ0n) is 10.8. The molecule has 6 nitrogen and oxygen atoms in total. The van der Waals surface area contributed by atoms with Crippen molar-refractivity contribution in [3.05, 3.63) is 29.8 Å². The third-order valence-corrected chi connectivity index (χ3v) is 2.00. The van der Waals surface area contributed by atoms with Crippen molar-refractivity contribution in [2.24, 2.45) is 5.22 Å². The quantitative estimate of drug-likeness (QED) is 0.567. The first-order chi connectivity index (χ1) is 8.42. The van der Waals surface area contributed by atoms with Crippen LogP contribution in [0.15, 0.2) is 29.5 Å². The Labute approximate surface area is 106 Å². The van der Waals surface area contributed by atoms with Crippen LogP contribution in [-0.4, -0.2) is 11.7 Å². The Morgan fingerprint density at radius 1 is 1.39 bits per heavy atom. The molecule has 1 amide bonds. The third-order valence-electron chi connectivity index (χ3n) is 2.00. The van der Waals surface area contributed by atoms with Gasteiger partial charge < -0.3 is 4.74 Å². The molecule has 98 valence electrons. The lowest BCUT2D eigenvalue weighted by Gasteiger charge is -2.20. The van der Waals surface area contributed by atoms with Gasteiger partial charge in [0.15, 0.2) is 0 Å². The molecule has 0 heterocycles. The summed E-state index contributed by atoms with van der Waals surface area (Å²) in [6.45, 7) is 5.78. The van der Waals surface area contributed by atoms with Crippen molar-refractivity contribution in [1.82, 2.24) is 5.43 Å². The molecule has 0 radical (unpaired) electrons. The van der Waals surface area contributed by atoms with Gasteiger partial charge in [0.25, 0.3) is 0 Å². The van der Waals surface area contributed by atoms with Crippen LogP contribution in [0.5, 0.6) is 0 Å². The van der Waals surface area contributed by atoms with Crippen molar-refractivity contribution in [2.75, 3.05) is 5.32 Å². The van der Waals surface area contributed by atoms with Gasteiger partial charge in [-0.3, -0.25) is 10.7 Å². The number of para-hydroxylation sites is 1. The Morgan fingerprint density at radius 3 is 2.67 bits per heavy atom. The van der Waals surface area contributed by atoms with Gasteiger partial charge >= 0.3 is 6.09 Å². The summed E-state index contributed by atoms with van der Waals surface area (Å²) < 4.78 is 5.17. The molecule has 18 heavy (non-hydrogen) atoms. The maximum absolute atomic E-state index is 11.6. The molecule has 3 N–H and O–H groups in total. The van der Waals surface area contributed by atoms with Crippen LogP contribution in [0.3, 0.4) is 0 Å². The predicted octanol–water partition coefficient (Wildman–Crippen LogP) is 3.07. The smallest absolute Gasteiger partial charge is 0.412 e. The average molecular weight is 250 g/mol. The maximum Gasteiger partial charge on any atom is 0.412 e. The Balaban J connectivity index is 2.71. The number of amides is 1. The highest BCUT2D eigenvalue weighted by atomic mass is 16.6. The van der Waals surface area contributed by atoms with Crippen LogP contribution in [0.4, 0.5) is 10.5 Å². The normalized spacial score (nSPS) is 10.6. The van der Waals surface area contributed by atoms with E-state index >= 15 is 0 Å². The molecule has 0 spiro atoms. The molecule has 0 fully saturated rings. The number of anilines is 1. The summed E-state index contributed by atoms with van der Waals surface area (Å²) in [6.07, 6.45) is -0.502. The second kappa shape index (κ2) is 6.00. The Bertz CT molecular complexity index is 426. The predicted molar refractivity (Wildman–Crippen MR) is 68.3 cm³/mol. The van der Waals surface area contributed by atoms with Crippen LogP contribution in [0.1, 0.15) is 26.3 Å². The monoisotopic (exact) mass is 250 g/mol. The Kier molecular flexibility index (Phi) is 4.65. The molecule has 0 bridgehead atoms. The van der Waals surface area contributed by atoms with Gasteiger partial charge in [0.2, 0.25) is 0 Å².